The van der Waals surface area contributed by atoms with Gasteiger partial charge in [0.1, 0.15) is 0 Å². The third-order valence-electron chi connectivity index (χ3n) is 3.48. The van der Waals surface area contributed by atoms with Crippen molar-refractivity contribution in [3.63, 3.8) is 0 Å². The molecule has 1 aromatic heterocycles. The SMILES string of the molecule is CN(Cc1csc2ccccc12)C(=O)C1CNC1. The molecule has 0 saturated carbocycles. The van der Waals surface area contributed by atoms with E-state index in [1.54, 1.807) is 11.3 Å². The number of nitrogens with zero attached hydrogens (tertiary/aromatic N) is 1. The third kappa shape index (κ3) is 2.02. The second kappa shape index (κ2) is 4.71. The number of fused-ring (bicyclic) bond motifs is 1. The van der Waals surface area contributed by atoms with E-state index in [0.717, 1.165) is 13.1 Å². The number of carbonyl (C=O) groups is 1. The van der Waals surface area contributed by atoms with Crippen molar-refractivity contribution in [3.05, 3.63) is 35.2 Å². The molecule has 1 aliphatic heterocycles. The van der Waals surface area contributed by atoms with Gasteiger partial charge < -0.3 is 10.2 Å². The molecule has 18 heavy (non-hydrogen) atoms. The van der Waals surface area contributed by atoms with Crippen LogP contribution in [0.15, 0.2) is 29.6 Å². The zero-order chi connectivity index (χ0) is 12.5. The van der Waals surface area contributed by atoms with Crippen LogP contribution in [0.2, 0.25) is 0 Å². The summed E-state index contributed by atoms with van der Waals surface area (Å²) in [5, 5.41) is 6.57. The Bertz CT molecular complexity index is 574. The molecule has 0 bridgehead atoms. The lowest BCUT2D eigenvalue weighted by Gasteiger charge is -2.30. The Morgan fingerprint density at radius 2 is 2.22 bits per heavy atom. The van der Waals surface area contributed by atoms with Crippen LogP contribution in [0.5, 0.6) is 0 Å². The molecule has 1 saturated heterocycles. The Balaban J connectivity index is 1.77. The van der Waals surface area contributed by atoms with Gasteiger partial charge in [-0.1, -0.05) is 18.2 Å². The summed E-state index contributed by atoms with van der Waals surface area (Å²) in [5.74, 6) is 0.434. The third-order valence-corrected chi connectivity index (χ3v) is 4.49. The lowest BCUT2D eigenvalue weighted by atomic mass is 10.0. The molecule has 1 fully saturated rings. The molecule has 1 aliphatic rings. The molecule has 94 valence electrons. The molecule has 2 aromatic rings. The molecule has 0 spiro atoms. The second-order valence-electron chi connectivity index (χ2n) is 4.81. The molecule has 3 rings (SSSR count). The molecular weight excluding hydrogens is 244 g/mol. The van der Waals surface area contributed by atoms with Crippen molar-refractivity contribution in [2.75, 3.05) is 20.1 Å². The van der Waals surface area contributed by atoms with Crippen molar-refractivity contribution in [3.8, 4) is 0 Å². The maximum absolute atomic E-state index is 12.1. The number of benzene rings is 1. The Kier molecular flexibility index (Phi) is 3.06. The van der Waals surface area contributed by atoms with E-state index in [0.29, 0.717) is 6.54 Å². The normalized spacial score (nSPS) is 15.6. The number of amides is 1. The summed E-state index contributed by atoms with van der Waals surface area (Å²) in [4.78, 5) is 13.9. The van der Waals surface area contributed by atoms with Crippen LogP contribution in [-0.4, -0.2) is 30.9 Å². The molecule has 2 heterocycles. The summed E-state index contributed by atoms with van der Waals surface area (Å²) >= 11 is 1.75. The summed E-state index contributed by atoms with van der Waals surface area (Å²) in [6.07, 6.45) is 0. The maximum atomic E-state index is 12.1. The van der Waals surface area contributed by atoms with E-state index in [1.807, 2.05) is 11.9 Å². The fourth-order valence-corrected chi connectivity index (χ4v) is 3.22. The number of hydrogen-bond donors (Lipinski definition) is 1. The molecule has 4 heteroatoms. The van der Waals surface area contributed by atoms with Gasteiger partial charge in [-0.15, -0.1) is 11.3 Å². The zero-order valence-electron chi connectivity index (χ0n) is 10.3. The van der Waals surface area contributed by atoms with Crippen molar-refractivity contribution in [1.29, 1.82) is 0 Å². The van der Waals surface area contributed by atoms with Gasteiger partial charge in [-0.25, -0.2) is 0 Å². The highest BCUT2D eigenvalue weighted by Crippen LogP contribution is 2.26. The van der Waals surface area contributed by atoms with Crippen LogP contribution < -0.4 is 5.32 Å². The van der Waals surface area contributed by atoms with E-state index < -0.39 is 0 Å². The number of nitrogens with one attached hydrogen (secondary N) is 1. The summed E-state index contributed by atoms with van der Waals surface area (Å²) in [5.41, 5.74) is 1.25. The molecule has 0 radical (unpaired) electrons. The van der Waals surface area contributed by atoms with Crippen molar-refractivity contribution >= 4 is 27.3 Å². The molecule has 3 nitrogen and oxygen atoms in total. The largest absolute Gasteiger partial charge is 0.341 e. The van der Waals surface area contributed by atoms with Crippen LogP contribution in [0.25, 0.3) is 10.1 Å². The minimum absolute atomic E-state index is 0.180. The Morgan fingerprint density at radius 1 is 1.44 bits per heavy atom. The van der Waals surface area contributed by atoms with E-state index in [1.165, 1.54) is 15.6 Å². The van der Waals surface area contributed by atoms with E-state index in [4.69, 9.17) is 0 Å². The van der Waals surface area contributed by atoms with Crippen LogP contribution in [-0.2, 0) is 11.3 Å². The molecule has 1 aromatic carbocycles. The monoisotopic (exact) mass is 260 g/mol. The minimum Gasteiger partial charge on any atom is -0.341 e. The highest BCUT2D eigenvalue weighted by atomic mass is 32.1. The van der Waals surface area contributed by atoms with Gasteiger partial charge >= 0.3 is 0 Å². The Morgan fingerprint density at radius 3 is 2.94 bits per heavy atom. The first-order valence-electron chi connectivity index (χ1n) is 6.16. The van der Waals surface area contributed by atoms with Crippen LogP contribution in [0.3, 0.4) is 0 Å². The first kappa shape index (κ1) is 11.7. The molecular formula is C14H16N2OS. The number of thiophene rings is 1. The predicted octanol–water partition coefficient (Wildman–Crippen LogP) is 2.08. The molecule has 0 aliphatic carbocycles. The first-order valence-corrected chi connectivity index (χ1v) is 7.04. The summed E-state index contributed by atoms with van der Waals surface area (Å²) < 4.78 is 1.29. The average molecular weight is 260 g/mol. The average Bonchev–Trinajstić information content (AvgIpc) is 2.70. The van der Waals surface area contributed by atoms with Crippen LogP contribution >= 0.6 is 11.3 Å². The molecule has 0 unspecified atom stereocenters. The Hall–Kier alpha value is -1.39. The first-order chi connectivity index (χ1) is 8.75. The topological polar surface area (TPSA) is 32.3 Å². The standard InChI is InChI=1S/C14H16N2OS/c1-16(14(17)10-6-15-7-10)8-11-9-18-13-5-3-2-4-12(11)13/h2-5,9-10,15H,6-8H2,1H3. The molecule has 1 N–H and O–H groups in total. The lowest BCUT2D eigenvalue weighted by Crippen LogP contribution is -2.50. The van der Waals surface area contributed by atoms with Gasteiger partial charge in [0, 0.05) is 31.4 Å². The lowest BCUT2D eigenvalue weighted by molar-refractivity contribution is -0.136. The highest BCUT2D eigenvalue weighted by molar-refractivity contribution is 7.17. The van der Waals surface area contributed by atoms with Crippen molar-refractivity contribution < 1.29 is 4.79 Å². The van der Waals surface area contributed by atoms with E-state index in [-0.39, 0.29) is 11.8 Å². The van der Waals surface area contributed by atoms with Crippen molar-refractivity contribution in [1.82, 2.24) is 10.2 Å². The van der Waals surface area contributed by atoms with Gasteiger partial charge in [0.2, 0.25) is 5.91 Å². The van der Waals surface area contributed by atoms with Crippen molar-refractivity contribution in [2.24, 2.45) is 5.92 Å². The van der Waals surface area contributed by atoms with Gasteiger partial charge in [-0.2, -0.15) is 0 Å². The predicted molar refractivity (Wildman–Crippen MR) is 74.7 cm³/mol. The van der Waals surface area contributed by atoms with Crippen LogP contribution in [0.1, 0.15) is 5.56 Å². The highest BCUT2D eigenvalue weighted by Gasteiger charge is 2.27. The fourth-order valence-electron chi connectivity index (χ4n) is 2.26. The van der Waals surface area contributed by atoms with Gasteiger partial charge in [0.05, 0.1) is 5.92 Å². The second-order valence-corrected chi connectivity index (χ2v) is 5.72. The molecule has 0 atom stereocenters. The van der Waals surface area contributed by atoms with Crippen LogP contribution in [0, 0.1) is 5.92 Å². The Labute approximate surface area is 110 Å². The van der Waals surface area contributed by atoms with Gasteiger partial charge in [0.15, 0.2) is 0 Å². The van der Waals surface area contributed by atoms with Crippen molar-refractivity contribution in [2.45, 2.75) is 6.54 Å². The summed E-state index contributed by atoms with van der Waals surface area (Å²) in [6, 6.07) is 8.36. The molecule has 1 amide bonds. The quantitative estimate of drug-likeness (QED) is 0.916. The fraction of sp³-hybridized carbons (Fsp3) is 0.357. The van der Waals surface area contributed by atoms with Gasteiger partial charge in [0.25, 0.3) is 0 Å². The minimum atomic E-state index is 0.180. The maximum Gasteiger partial charge on any atom is 0.228 e. The van der Waals surface area contributed by atoms with Gasteiger partial charge in [-0.05, 0) is 22.4 Å². The number of hydrogen-bond acceptors (Lipinski definition) is 3. The van der Waals surface area contributed by atoms with E-state index in [9.17, 15) is 4.79 Å². The zero-order valence-corrected chi connectivity index (χ0v) is 11.2. The summed E-state index contributed by atoms with van der Waals surface area (Å²) in [7, 11) is 1.90. The van der Waals surface area contributed by atoms with Crippen LogP contribution in [0.4, 0.5) is 0 Å². The number of rotatable bonds is 3. The summed E-state index contributed by atoms with van der Waals surface area (Å²) in [6.45, 7) is 2.36. The van der Waals surface area contributed by atoms with E-state index in [2.05, 4.69) is 35.0 Å². The smallest absolute Gasteiger partial charge is 0.228 e. The van der Waals surface area contributed by atoms with E-state index >= 15 is 0 Å². The number of carbonyl (C=O) groups excluding carboxylic acids is 1. The van der Waals surface area contributed by atoms with Gasteiger partial charge in [-0.3, -0.25) is 4.79 Å².